The zero-order valence-electron chi connectivity index (χ0n) is 20.0. The van der Waals surface area contributed by atoms with E-state index in [4.69, 9.17) is 10.1 Å². The summed E-state index contributed by atoms with van der Waals surface area (Å²) in [5, 5.41) is 16.5. The molecule has 7 nitrogen and oxygen atoms in total. The van der Waals surface area contributed by atoms with E-state index < -0.39 is 0 Å². The molecule has 0 aliphatic carbocycles. The van der Waals surface area contributed by atoms with Crippen LogP contribution in [0.25, 0.3) is 16.8 Å². The molecule has 0 radical (unpaired) electrons. The van der Waals surface area contributed by atoms with Gasteiger partial charge in [-0.2, -0.15) is 9.78 Å². The summed E-state index contributed by atoms with van der Waals surface area (Å²) in [5.41, 5.74) is 5.67. The van der Waals surface area contributed by atoms with Gasteiger partial charge in [-0.25, -0.2) is 9.67 Å². The molecule has 5 aromatic rings. The highest BCUT2D eigenvalue weighted by molar-refractivity contribution is 5.72. The largest absolute Gasteiger partial charge is 0.245 e. The lowest BCUT2D eigenvalue weighted by molar-refractivity contribution is 0.624. The molecular formula is C28H29N7. The summed E-state index contributed by atoms with van der Waals surface area (Å²) in [6.07, 6.45) is 6.62. The Kier molecular flexibility index (Phi) is 7.03. The zero-order chi connectivity index (χ0) is 23.9. The van der Waals surface area contributed by atoms with Crippen LogP contribution >= 0.6 is 0 Å². The van der Waals surface area contributed by atoms with E-state index in [9.17, 15) is 0 Å². The molecule has 3 aromatic carbocycles. The van der Waals surface area contributed by atoms with Gasteiger partial charge in [-0.3, -0.25) is 0 Å². The number of aryl methyl sites for hydroxylation is 3. The van der Waals surface area contributed by atoms with Crippen molar-refractivity contribution >= 4 is 0 Å². The number of aromatic nitrogens is 7. The summed E-state index contributed by atoms with van der Waals surface area (Å²) in [6.45, 7) is 2.91. The van der Waals surface area contributed by atoms with Crippen molar-refractivity contribution in [1.82, 2.24) is 35.0 Å². The van der Waals surface area contributed by atoms with E-state index in [0.717, 1.165) is 60.6 Å². The van der Waals surface area contributed by atoms with Gasteiger partial charge < -0.3 is 0 Å². The first-order valence-corrected chi connectivity index (χ1v) is 12.2. The highest BCUT2D eigenvalue weighted by Crippen LogP contribution is 2.26. The average Bonchev–Trinajstić information content (AvgIpc) is 3.58. The van der Waals surface area contributed by atoms with Crippen LogP contribution in [0.2, 0.25) is 0 Å². The van der Waals surface area contributed by atoms with E-state index in [0.29, 0.717) is 6.54 Å². The predicted molar refractivity (Wildman–Crippen MR) is 136 cm³/mol. The van der Waals surface area contributed by atoms with Crippen LogP contribution in [0.3, 0.4) is 0 Å². The molecule has 2 heterocycles. The number of nitrogens with zero attached hydrogens (tertiary/aromatic N) is 7. The molecule has 0 atom stereocenters. The van der Waals surface area contributed by atoms with Crippen LogP contribution in [0.1, 0.15) is 42.5 Å². The quantitative estimate of drug-likeness (QED) is 0.288. The molecule has 0 N–H and O–H groups in total. The SMILES string of the molecule is CCCCc1nc(CCc2ccccc2)n(Cc2ccc(-c3ccccc3-n3cnnn3)cc2)n1. The molecule has 0 amide bonds. The number of para-hydroxylation sites is 1. The normalized spacial score (nSPS) is 11.1. The first-order chi connectivity index (χ1) is 17.3. The van der Waals surface area contributed by atoms with Gasteiger partial charge in [0.15, 0.2) is 5.82 Å². The monoisotopic (exact) mass is 463 g/mol. The summed E-state index contributed by atoms with van der Waals surface area (Å²) < 4.78 is 3.77. The number of rotatable bonds is 10. The third kappa shape index (κ3) is 5.51. The number of unbranched alkanes of at least 4 members (excludes halogenated alkanes) is 1. The van der Waals surface area contributed by atoms with Gasteiger partial charge in [0.25, 0.3) is 0 Å². The maximum Gasteiger partial charge on any atom is 0.150 e. The van der Waals surface area contributed by atoms with Crippen molar-refractivity contribution in [3.63, 3.8) is 0 Å². The minimum Gasteiger partial charge on any atom is -0.245 e. The first-order valence-electron chi connectivity index (χ1n) is 12.2. The Bertz CT molecular complexity index is 1340. The second kappa shape index (κ2) is 10.9. The van der Waals surface area contributed by atoms with Gasteiger partial charge in [0.05, 0.1) is 12.2 Å². The van der Waals surface area contributed by atoms with Crippen LogP contribution in [0, 0.1) is 0 Å². The van der Waals surface area contributed by atoms with Crippen molar-refractivity contribution in [2.45, 2.75) is 45.6 Å². The topological polar surface area (TPSA) is 74.3 Å². The smallest absolute Gasteiger partial charge is 0.150 e. The lowest BCUT2D eigenvalue weighted by Gasteiger charge is -2.10. The fourth-order valence-electron chi connectivity index (χ4n) is 4.23. The van der Waals surface area contributed by atoms with Crippen LogP contribution in [0.5, 0.6) is 0 Å². The molecule has 176 valence electrons. The van der Waals surface area contributed by atoms with Gasteiger partial charge in [0, 0.05) is 18.4 Å². The Hall–Kier alpha value is -4.13. The van der Waals surface area contributed by atoms with E-state index in [1.807, 2.05) is 18.2 Å². The molecule has 7 heteroatoms. The molecule has 0 aliphatic rings. The standard InChI is InChI=1S/C28H29N7/c1-2-3-13-27-30-28(19-16-22-9-5-4-6-10-22)34(31-27)20-23-14-17-24(18-15-23)25-11-7-8-12-26(25)35-21-29-32-33-35/h4-12,14-15,17-18,21H,2-3,13,16,19-20H2,1H3. The maximum atomic E-state index is 4.89. The molecule has 0 fully saturated rings. The summed E-state index contributed by atoms with van der Waals surface area (Å²) in [5.74, 6) is 2.00. The predicted octanol–water partition coefficient (Wildman–Crippen LogP) is 5.10. The Morgan fingerprint density at radius 3 is 2.34 bits per heavy atom. The first kappa shape index (κ1) is 22.7. The Morgan fingerprint density at radius 2 is 1.57 bits per heavy atom. The molecule has 5 rings (SSSR count). The van der Waals surface area contributed by atoms with Gasteiger partial charge in [-0.05, 0) is 46.0 Å². The molecule has 0 unspecified atom stereocenters. The average molecular weight is 464 g/mol. The van der Waals surface area contributed by atoms with Crippen molar-refractivity contribution in [2.75, 3.05) is 0 Å². The lowest BCUT2D eigenvalue weighted by atomic mass is 10.0. The van der Waals surface area contributed by atoms with Crippen molar-refractivity contribution in [3.8, 4) is 16.8 Å². The fraction of sp³-hybridized carbons (Fsp3) is 0.250. The van der Waals surface area contributed by atoms with Gasteiger partial charge in [0.2, 0.25) is 0 Å². The molecule has 0 spiro atoms. The van der Waals surface area contributed by atoms with Crippen molar-refractivity contribution in [2.24, 2.45) is 0 Å². The number of benzene rings is 3. The van der Waals surface area contributed by atoms with E-state index in [-0.39, 0.29) is 0 Å². The van der Waals surface area contributed by atoms with Gasteiger partial charge in [-0.15, -0.1) is 5.10 Å². The second-order valence-corrected chi connectivity index (χ2v) is 8.66. The molecule has 0 aliphatic heterocycles. The maximum absolute atomic E-state index is 4.89. The van der Waals surface area contributed by atoms with Crippen molar-refractivity contribution in [3.05, 3.63) is 108 Å². The summed E-state index contributed by atoms with van der Waals surface area (Å²) in [4.78, 5) is 4.89. The highest BCUT2D eigenvalue weighted by atomic mass is 15.5. The van der Waals surface area contributed by atoms with Gasteiger partial charge >= 0.3 is 0 Å². The summed E-state index contributed by atoms with van der Waals surface area (Å²) in [6, 6.07) is 27.3. The molecular weight excluding hydrogens is 434 g/mol. The highest BCUT2D eigenvalue weighted by Gasteiger charge is 2.12. The van der Waals surface area contributed by atoms with Crippen molar-refractivity contribution < 1.29 is 0 Å². The lowest BCUT2D eigenvalue weighted by Crippen LogP contribution is -2.08. The summed E-state index contributed by atoms with van der Waals surface area (Å²) in [7, 11) is 0. The van der Waals surface area contributed by atoms with E-state index in [1.54, 1.807) is 11.0 Å². The minimum atomic E-state index is 0.707. The Balaban J connectivity index is 1.36. The van der Waals surface area contributed by atoms with E-state index >= 15 is 0 Å². The van der Waals surface area contributed by atoms with Crippen LogP contribution in [-0.2, 0) is 25.8 Å². The minimum absolute atomic E-state index is 0.707. The van der Waals surface area contributed by atoms with Crippen LogP contribution in [-0.4, -0.2) is 35.0 Å². The number of hydrogen-bond acceptors (Lipinski definition) is 5. The van der Waals surface area contributed by atoms with E-state index in [2.05, 4.69) is 87.8 Å². The number of tetrazole rings is 1. The molecule has 0 saturated carbocycles. The van der Waals surface area contributed by atoms with Crippen LogP contribution in [0.4, 0.5) is 0 Å². The van der Waals surface area contributed by atoms with E-state index in [1.165, 1.54) is 11.1 Å². The Labute approximate surface area is 205 Å². The molecule has 0 saturated heterocycles. The Morgan fingerprint density at radius 1 is 0.771 bits per heavy atom. The van der Waals surface area contributed by atoms with Crippen LogP contribution < -0.4 is 0 Å². The third-order valence-electron chi connectivity index (χ3n) is 6.12. The fourth-order valence-corrected chi connectivity index (χ4v) is 4.23. The summed E-state index contributed by atoms with van der Waals surface area (Å²) >= 11 is 0. The zero-order valence-corrected chi connectivity index (χ0v) is 20.0. The second-order valence-electron chi connectivity index (χ2n) is 8.66. The third-order valence-corrected chi connectivity index (χ3v) is 6.12. The molecule has 0 bridgehead atoms. The van der Waals surface area contributed by atoms with Crippen LogP contribution in [0.15, 0.2) is 85.2 Å². The van der Waals surface area contributed by atoms with Gasteiger partial charge in [-0.1, -0.05) is 86.1 Å². The van der Waals surface area contributed by atoms with Gasteiger partial charge in [0.1, 0.15) is 12.2 Å². The molecule has 35 heavy (non-hydrogen) atoms. The van der Waals surface area contributed by atoms with Crippen molar-refractivity contribution in [1.29, 1.82) is 0 Å². The molecule has 2 aromatic heterocycles. The number of hydrogen-bond donors (Lipinski definition) is 0.